The van der Waals surface area contributed by atoms with Crippen molar-refractivity contribution in [3.8, 4) is 0 Å². The zero-order valence-corrected chi connectivity index (χ0v) is 12.8. The van der Waals surface area contributed by atoms with Crippen LogP contribution < -0.4 is 0 Å². The van der Waals surface area contributed by atoms with Crippen LogP contribution in [-0.2, 0) is 18.0 Å². The number of ether oxygens (including phenoxy) is 1. The lowest BCUT2D eigenvalue weighted by Gasteiger charge is -2.07. The third-order valence-electron chi connectivity index (χ3n) is 2.38. The van der Waals surface area contributed by atoms with E-state index in [4.69, 9.17) is 51.1 Å². The molecular weight excluding hydrogens is 326 g/mol. The molecule has 0 saturated carbocycles. The molecule has 0 bridgehead atoms. The highest BCUT2D eigenvalue weighted by molar-refractivity contribution is 6.35. The number of benzene rings is 2. The molecule has 0 N–H and O–H groups in total. The van der Waals surface area contributed by atoms with Crippen molar-refractivity contribution in [2.75, 3.05) is 0 Å². The third-order valence-corrected chi connectivity index (χ3v) is 3.26. The van der Waals surface area contributed by atoms with Crippen LogP contribution in [0, 0.1) is 0 Å². The number of hydrogen-bond acceptors (Lipinski definition) is 1. The predicted molar refractivity (Wildman–Crippen MR) is 81.4 cm³/mol. The van der Waals surface area contributed by atoms with E-state index in [2.05, 4.69) is 0 Å². The minimum atomic E-state index is 0.421. The van der Waals surface area contributed by atoms with Crippen LogP contribution in [0.3, 0.4) is 0 Å². The molecule has 0 atom stereocenters. The first-order valence-corrected chi connectivity index (χ1v) is 7.02. The molecular formula is C14H10Cl4O. The summed E-state index contributed by atoms with van der Waals surface area (Å²) in [4.78, 5) is 0. The number of rotatable bonds is 4. The van der Waals surface area contributed by atoms with Gasteiger partial charge in [-0.05, 0) is 47.5 Å². The Morgan fingerprint density at radius 1 is 0.579 bits per heavy atom. The van der Waals surface area contributed by atoms with Crippen LogP contribution in [-0.4, -0.2) is 0 Å². The summed E-state index contributed by atoms with van der Waals surface area (Å²) < 4.78 is 5.59. The van der Waals surface area contributed by atoms with Gasteiger partial charge in [-0.15, -0.1) is 0 Å². The first-order valence-electron chi connectivity index (χ1n) is 5.50. The van der Waals surface area contributed by atoms with Crippen molar-refractivity contribution in [2.45, 2.75) is 13.2 Å². The summed E-state index contributed by atoms with van der Waals surface area (Å²) in [6.07, 6.45) is 0. The maximum atomic E-state index is 5.91. The van der Waals surface area contributed by atoms with E-state index in [1.165, 1.54) is 0 Å². The highest BCUT2D eigenvalue weighted by Crippen LogP contribution is 2.22. The van der Waals surface area contributed by atoms with Gasteiger partial charge in [0, 0.05) is 20.1 Å². The molecule has 2 rings (SSSR count). The molecule has 0 heterocycles. The summed E-state index contributed by atoms with van der Waals surface area (Å²) in [5.74, 6) is 0. The molecule has 0 spiro atoms. The second-order valence-electron chi connectivity index (χ2n) is 4.05. The summed E-state index contributed by atoms with van der Waals surface area (Å²) in [6.45, 7) is 0.842. The van der Waals surface area contributed by atoms with Crippen LogP contribution in [0.15, 0.2) is 36.4 Å². The molecule has 2 aromatic rings. The van der Waals surface area contributed by atoms with Crippen molar-refractivity contribution in [3.05, 3.63) is 67.6 Å². The molecule has 0 fully saturated rings. The van der Waals surface area contributed by atoms with Crippen LogP contribution in [0.4, 0.5) is 0 Å². The highest BCUT2D eigenvalue weighted by atomic mass is 35.5. The maximum Gasteiger partial charge on any atom is 0.0722 e. The van der Waals surface area contributed by atoms with Gasteiger partial charge in [0.25, 0.3) is 0 Å². The lowest BCUT2D eigenvalue weighted by molar-refractivity contribution is 0.107. The normalized spacial score (nSPS) is 10.7. The standard InChI is InChI=1S/C14H10Cl4O/c15-11-1-9(2-12(16)5-11)7-19-8-10-3-13(17)6-14(18)4-10/h1-6H,7-8H2. The van der Waals surface area contributed by atoms with Gasteiger partial charge in [0.2, 0.25) is 0 Å². The molecule has 19 heavy (non-hydrogen) atoms. The van der Waals surface area contributed by atoms with Crippen molar-refractivity contribution in [3.63, 3.8) is 0 Å². The Morgan fingerprint density at radius 3 is 1.21 bits per heavy atom. The number of hydrogen-bond donors (Lipinski definition) is 0. The van der Waals surface area contributed by atoms with E-state index in [-0.39, 0.29) is 0 Å². The van der Waals surface area contributed by atoms with Crippen molar-refractivity contribution in [2.24, 2.45) is 0 Å². The summed E-state index contributed by atoms with van der Waals surface area (Å²) in [6, 6.07) is 10.6. The van der Waals surface area contributed by atoms with Gasteiger partial charge in [-0.1, -0.05) is 46.4 Å². The van der Waals surface area contributed by atoms with Gasteiger partial charge < -0.3 is 4.74 Å². The molecule has 0 amide bonds. The van der Waals surface area contributed by atoms with Crippen LogP contribution in [0.2, 0.25) is 20.1 Å². The maximum absolute atomic E-state index is 5.91. The molecule has 0 aromatic heterocycles. The van der Waals surface area contributed by atoms with E-state index < -0.39 is 0 Å². The van der Waals surface area contributed by atoms with E-state index >= 15 is 0 Å². The lowest BCUT2D eigenvalue weighted by Crippen LogP contribution is -1.94. The molecule has 0 aliphatic carbocycles. The molecule has 1 nitrogen and oxygen atoms in total. The van der Waals surface area contributed by atoms with Crippen molar-refractivity contribution in [1.82, 2.24) is 0 Å². The predicted octanol–water partition coefficient (Wildman–Crippen LogP) is 6.02. The van der Waals surface area contributed by atoms with Gasteiger partial charge in [0.15, 0.2) is 0 Å². The fourth-order valence-corrected chi connectivity index (χ4v) is 2.82. The average Bonchev–Trinajstić information content (AvgIpc) is 2.26. The van der Waals surface area contributed by atoms with Crippen LogP contribution in [0.1, 0.15) is 11.1 Å². The van der Waals surface area contributed by atoms with Gasteiger partial charge in [-0.25, -0.2) is 0 Å². The zero-order chi connectivity index (χ0) is 13.8. The summed E-state index contributed by atoms with van der Waals surface area (Å²) in [7, 11) is 0. The Balaban J connectivity index is 1.96. The van der Waals surface area contributed by atoms with Gasteiger partial charge in [0.05, 0.1) is 13.2 Å². The third kappa shape index (κ3) is 4.87. The molecule has 0 aliphatic heterocycles. The molecule has 0 unspecified atom stereocenters. The summed E-state index contributed by atoms with van der Waals surface area (Å²) in [5, 5.41) is 2.38. The van der Waals surface area contributed by atoms with E-state index in [1.807, 2.05) is 24.3 Å². The Hall–Kier alpha value is -0.440. The SMILES string of the molecule is Clc1cc(Cl)cc(COCc2cc(Cl)cc(Cl)c2)c1. The first-order chi connectivity index (χ1) is 9.02. The molecule has 100 valence electrons. The van der Waals surface area contributed by atoms with Crippen LogP contribution in [0.25, 0.3) is 0 Å². The quantitative estimate of drug-likeness (QED) is 0.664. The van der Waals surface area contributed by atoms with Crippen molar-refractivity contribution in [1.29, 1.82) is 0 Å². The number of halogens is 4. The lowest BCUT2D eigenvalue weighted by atomic mass is 10.2. The van der Waals surface area contributed by atoms with E-state index in [9.17, 15) is 0 Å². The summed E-state index contributed by atoms with van der Waals surface area (Å²) >= 11 is 23.7. The fourth-order valence-electron chi connectivity index (χ4n) is 1.68. The molecule has 0 radical (unpaired) electrons. The Bertz CT molecular complexity index is 492. The van der Waals surface area contributed by atoms with Crippen LogP contribution in [0.5, 0.6) is 0 Å². The second-order valence-corrected chi connectivity index (χ2v) is 5.79. The smallest absolute Gasteiger partial charge is 0.0722 e. The molecule has 2 aromatic carbocycles. The van der Waals surface area contributed by atoms with Crippen molar-refractivity contribution < 1.29 is 4.74 Å². The van der Waals surface area contributed by atoms with Gasteiger partial charge in [0.1, 0.15) is 0 Å². The van der Waals surface area contributed by atoms with E-state index in [0.29, 0.717) is 33.3 Å². The Labute approximate surface area is 132 Å². The molecule has 5 heteroatoms. The second kappa shape index (κ2) is 6.83. The van der Waals surface area contributed by atoms with Crippen LogP contribution >= 0.6 is 46.4 Å². The highest BCUT2D eigenvalue weighted by Gasteiger charge is 2.01. The van der Waals surface area contributed by atoms with E-state index in [0.717, 1.165) is 11.1 Å². The largest absolute Gasteiger partial charge is 0.372 e. The minimum absolute atomic E-state index is 0.421. The van der Waals surface area contributed by atoms with E-state index in [1.54, 1.807) is 12.1 Å². The van der Waals surface area contributed by atoms with Gasteiger partial charge in [-0.3, -0.25) is 0 Å². The Morgan fingerprint density at radius 2 is 0.895 bits per heavy atom. The van der Waals surface area contributed by atoms with Gasteiger partial charge >= 0.3 is 0 Å². The zero-order valence-electron chi connectivity index (χ0n) is 9.80. The van der Waals surface area contributed by atoms with Gasteiger partial charge in [-0.2, -0.15) is 0 Å². The molecule has 0 saturated heterocycles. The van der Waals surface area contributed by atoms with Crippen molar-refractivity contribution >= 4 is 46.4 Å². The average molecular weight is 336 g/mol. The topological polar surface area (TPSA) is 9.23 Å². The monoisotopic (exact) mass is 334 g/mol. The fraction of sp³-hybridized carbons (Fsp3) is 0.143. The molecule has 0 aliphatic rings. The summed E-state index contributed by atoms with van der Waals surface area (Å²) in [5.41, 5.74) is 1.84. The first kappa shape index (κ1) is 15.0. The Kier molecular flexibility index (Phi) is 5.37. The minimum Gasteiger partial charge on any atom is -0.372 e.